The average molecular weight is 273 g/mol. The zero-order chi connectivity index (χ0) is 14.1. The highest BCUT2D eigenvalue weighted by molar-refractivity contribution is 5.70. The van der Waals surface area contributed by atoms with Crippen molar-refractivity contribution in [2.45, 2.75) is 25.7 Å². The molecule has 2 aromatic rings. The molecule has 1 atom stereocenters. The number of hydrogen-bond donors (Lipinski definition) is 2. The Morgan fingerprint density at radius 1 is 1.40 bits per heavy atom. The molecule has 0 spiro atoms. The maximum Gasteiger partial charge on any atom is 0.306 e. The molecule has 5 heteroatoms. The van der Waals surface area contributed by atoms with Crippen LogP contribution in [0.5, 0.6) is 5.75 Å². The Balaban J connectivity index is 1.81. The van der Waals surface area contributed by atoms with Gasteiger partial charge in [-0.1, -0.05) is 18.2 Å². The molecule has 1 aromatic carbocycles. The maximum atomic E-state index is 11.0. The number of aliphatic carboxylic acids is 1. The van der Waals surface area contributed by atoms with Crippen molar-refractivity contribution in [1.29, 1.82) is 0 Å². The molecule has 0 aliphatic heterocycles. The van der Waals surface area contributed by atoms with Crippen LogP contribution in [0.4, 0.5) is 0 Å². The fourth-order valence-electron chi connectivity index (χ4n) is 2.54. The van der Waals surface area contributed by atoms with Crippen LogP contribution in [0.15, 0.2) is 28.7 Å². The fraction of sp³-hybridized carbons (Fsp3) is 0.333. The highest BCUT2D eigenvalue weighted by Crippen LogP contribution is 2.28. The Morgan fingerprint density at radius 2 is 2.20 bits per heavy atom. The number of rotatable bonds is 3. The maximum absolute atomic E-state index is 11.0. The standard InChI is InChI=1S/C15H15NO4/c17-12-4-2-1-3-9(12)8-14-16-11-6-5-10(15(18)19)7-13(11)20-14/h1-4,10,17H,5-8H2,(H,18,19). The number of benzene rings is 1. The Morgan fingerprint density at radius 3 is 2.95 bits per heavy atom. The molecule has 0 radical (unpaired) electrons. The Kier molecular flexibility index (Phi) is 3.18. The van der Waals surface area contributed by atoms with Crippen LogP contribution in [0.3, 0.4) is 0 Å². The first-order valence-corrected chi connectivity index (χ1v) is 6.60. The molecule has 0 amide bonds. The summed E-state index contributed by atoms with van der Waals surface area (Å²) in [5.74, 6) is 0.256. The van der Waals surface area contributed by atoms with Gasteiger partial charge in [0.2, 0.25) is 0 Å². The summed E-state index contributed by atoms with van der Waals surface area (Å²) >= 11 is 0. The molecule has 1 unspecified atom stereocenters. The van der Waals surface area contributed by atoms with Gasteiger partial charge in [0, 0.05) is 12.0 Å². The molecule has 5 nitrogen and oxygen atoms in total. The number of fused-ring (bicyclic) bond motifs is 1. The zero-order valence-electron chi connectivity index (χ0n) is 10.9. The summed E-state index contributed by atoms with van der Waals surface area (Å²) in [6.07, 6.45) is 2.05. The number of aromatic nitrogens is 1. The minimum absolute atomic E-state index is 0.215. The number of hydrogen-bond acceptors (Lipinski definition) is 4. The molecule has 3 rings (SSSR count). The number of carboxylic acids is 1. The largest absolute Gasteiger partial charge is 0.508 e. The summed E-state index contributed by atoms with van der Waals surface area (Å²) in [6, 6.07) is 7.05. The van der Waals surface area contributed by atoms with Crippen molar-refractivity contribution in [1.82, 2.24) is 4.98 Å². The summed E-state index contributed by atoms with van der Waals surface area (Å²) in [5, 5.41) is 18.8. The van der Waals surface area contributed by atoms with Gasteiger partial charge in [-0.25, -0.2) is 4.98 Å². The number of nitrogens with zero attached hydrogens (tertiary/aromatic N) is 1. The lowest BCUT2D eigenvalue weighted by Gasteiger charge is -2.15. The van der Waals surface area contributed by atoms with E-state index in [-0.39, 0.29) is 11.7 Å². The first-order chi connectivity index (χ1) is 9.63. The van der Waals surface area contributed by atoms with E-state index in [0.717, 1.165) is 11.3 Å². The van der Waals surface area contributed by atoms with Gasteiger partial charge in [-0.05, 0) is 18.9 Å². The van der Waals surface area contributed by atoms with Gasteiger partial charge >= 0.3 is 5.97 Å². The second-order valence-corrected chi connectivity index (χ2v) is 5.06. The molecule has 0 fully saturated rings. The quantitative estimate of drug-likeness (QED) is 0.895. The van der Waals surface area contributed by atoms with Crippen molar-refractivity contribution >= 4 is 5.97 Å². The van der Waals surface area contributed by atoms with Crippen molar-refractivity contribution < 1.29 is 19.4 Å². The first kappa shape index (κ1) is 12.7. The van der Waals surface area contributed by atoms with E-state index in [1.165, 1.54) is 0 Å². The molecular weight excluding hydrogens is 258 g/mol. The van der Waals surface area contributed by atoms with Crippen LogP contribution in [0.1, 0.15) is 29.3 Å². The van der Waals surface area contributed by atoms with Gasteiger partial charge < -0.3 is 14.6 Å². The lowest BCUT2D eigenvalue weighted by molar-refractivity contribution is -0.142. The van der Waals surface area contributed by atoms with Gasteiger partial charge in [-0.15, -0.1) is 0 Å². The first-order valence-electron chi connectivity index (χ1n) is 6.60. The van der Waals surface area contributed by atoms with E-state index in [1.807, 2.05) is 12.1 Å². The van der Waals surface area contributed by atoms with Crippen LogP contribution in [0.25, 0.3) is 0 Å². The minimum Gasteiger partial charge on any atom is -0.508 e. The van der Waals surface area contributed by atoms with E-state index in [4.69, 9.17) is 9.52 Å². The summed E-state index contributed by atoms with van der Waals surface area (Å²) < 4.78 is 5.66. The summed E-state index contributed by atoms with van der Waals surface area (Å²) in [4.78, 5) is 15.4. The number of carbonyl (C=O) groups is 1. The van der Waals surface area contributed by atoms with E-state index < -0.39 is 5.97 Å². The SMILES string of the molecule is O=C(O)C1CCc2nc(Cc3ccccc3O)oc2C1. The van der Waals surface area contributed by atoms with E-state index >= 15 is 0 Å². The van der Waals surface area contributed by atoms with Crippen LogP contribution in [-0.4, -0.2) is 21.2 Å². The number of phenolic OH excluding ortho intramolecular Hbond substituents is 1. The van der Waals surface area contributed by atoms with Crippen LogP contribution in [-0.2, 0) is 24.1 Å². The molecule has 1 heterocycles. The lowest BCUT2D eigenvalue weighted by Crippen LogP contribution is -2.21. The summed E-state index contributed by atoms with van der Waals surface area (Å²) in [5.41, 5.74) is 1.61. The van der Waals surface area contributed by atoms with Gasteiger partial charge in [0.1, 0.15) is 11.5 Å². The Bertz CT molecular complexity index is 647. The van der Waals surface area contributed by atoms with Crippen molar-refractivity contribution in [3.8, 4) is 5.75 Å². The molecule has 2 N–H and O–H groups in total. The third kappa shape index (κ3) is 2.39. The number of aryl methyl sites for hydroxylation is 1. The van der Waals surface area contributed by atoms with Crippen LogP contribution in [0, 0.1) is 5.92 Å². The van der Waals surface area contributed by atoms with Crippen molar-refractivity contribution in [3.05, 3.63) is 47.2 Å². The second-order valence-electron chi connectivity index (χ2n) is 5.06. The monoisotopic (exact) mass is 273 g/mol. The van der Waals surface area contributed by atoms with Crippen molar-refractivity contribution in [2.24, 2.45) is 5.92 Å². The number of phenols is 1. The molecule has 1 aliphatic rings. The third-order valence-corrected chi connectivity index (χ3v) is 3.67. The van der Waals surface area contributed by atoms with E-state index in [1.54, 1.807) is 12.1 Å². The number of aromatic hydroxyl groups is 1. The number of para-hydroxylation sites is 1. The van der Waals surface area contributed by atoms with Gasteiger partial charge in [-0.2, -0.15) is 0 Å². The summed E-state index contributed by atoms with van der Waals surface area (Å²) in [7, 11) is 0. The normalized spacial score (nSPS) is 17.7. The predicted molar refractivity (Wildman–Crippen MR) is 70.6 cm³/mol. The van der Waals surface area contributed by atoms with Gasteiger partial charge in [0.25, 0.3) is 0 Å². The average Bonchev–Trinajstić information content (AvgIpc) is 2.82. The van der Waals surface area contributed by atoms with Crippen molar-refractivity contribution in [3.63, 3.8) is 0 Å². The number of carboxylic acid groups (broad SMARTS) is 1. The Labute approximate surface area is 115 Å². The van der Waals surface area contributed by atoms with Gasteiger partial charge in [-0.3, -0.25) is 4.79 Å². The molecule has 1 aromatic heterocycles. The van der Waals surface area contributed by atoms with E-state index in [2.05, 4.69) is 4.98 Å². The van der Waals surface area contributed by atoms with Crippen LogP contribution in [0.2, 0.25) is 0 Å². The molecule has 0 saturated carbocycles. The topological polar surface area (TPSA) is 83.6 Å². The van der Waals surface area contributed by atoms with Gasteiger partial charge in [0.05, 0.1) is 18.0 Å². The molecular formula is C15H15NO4. The molecule has 104 valence electrons. The van der Waals surface area contributed by atoms with Gasteiger partial charge in [0.15, 0.2) is 5.89 Å². The number of oxazole rings is 1. The molecule has 20 heavy (non-hydrogen) atoms. The third-order valence-electron chi connectivity index (χ3n) is 3.67. The van der Waals surface area contributed by atoms with E-state index in [0.29, 0.717) is 37.3 Å². The lowest BCUT2D eigenvalue weighted by atomic mass is 9.91. The van der Waals surface area contributed by atoms with E-state index in [9.17, 15) is 9.90 Å². The molecule has 0 bridgehead atoms. The summed E-state index contributed by atoms with van der Waals surface area (Å²) in [6.45, 7) is 0. The highest BCUT2D eigenvalue weighted by atomic mass is 16.4. The fourth-order valence-corrected chi connectivity index (χ4v) is 2.54. The second kappa shape index (κ2) is 5.00. The zero-order valence-corrected chi connectivity index (χ0v) is 10.9. The Hall–Kier alpha value is -2.30. The smallest absolute Gasteiger partial charge is 0.306 e. The molecule has 1 aliphatic carbocycles. The van der Waals surface area contributed by atoms with Crippen LogP contribution >= 0.6 is 0 Å². The minimum atomic E-state index is -0.783. The highest BCUT2D eigenvalue weighted by Gasteiger charge is 2.28. The predicted octanol–water partition coefficient (Wildman–Crippen LogP) is 2.16. The molecule has 0 saturated heterocycles. The van der Waals surface area contributed by atoms with Crippen molar-refractivity contribution in [2.75, 3.05) is 0 Å². The van der Waals surface area contributed by atoms with Crippen LogP contribution < -0.4 is 0 Å².